The van der Waals surface area contributed by atoms with E-state index in [1.54, 1.807) is 0 Å². The average Bonchev–Trinajstić information content (AvgIpc) is 2.65. The minimum Gasteiger partial charge on any atom is -0.452 e. The molecule has 3 atom stereocenters. The third kappa shape index (κ3) is 6.25. The second-order valence-corrected chi connectivity index (χ2v) is 9.72. The molecule has 8 nitrogen and oxygen atoms in total. The maximum atomic E-state index is 12.8. The summed E-state index contributed by atoms with van der Waals surface area (Å²) in [6.45, 7) is 9.65. The van der Waals surface area contributed by atoms with Crippen molar-refractivity contribution in [3.63, 3.8) is 0 Å². The molecule has 0 aliphatic carbocycles. The number of carbonyl (C=O) groups is 2. The average molecular weight is 427 g/mol. The number of rotatable bonds is 7. The Hall–Kier alpha value is -1.97. The van der Waals surface area contributed by atoms with Crippen molar-refractivity contribution in [2.45, 2.75) is 57.8 Å². The van der Waals surface area contributed by atoms with Crippen LogP contribution in [0.3, 0.4) is 0 Å². The van der Waals surface area contributed by atoms with Gasteiger partial charge in [-0.15, -0.1) is 0 Å². The van der Waals surface area contributed by atoms with E-state index < -0.39 is 16.0 Å². The predicted octanol–water partition coefficient (Wildman–Crippen LogP) is 1.80. The summed E-state index contributed by atoms with van der Waals surface area (Å²) in [7, 11) is -3.68. The number of nitrogens with one attached hydrogen (secondary N) is 1. The van der Waals surface area contributed by atoms with E-state index in [-0.39, 0.29) is 60.2 Å². The van der Waals surface area contributed by atoms with Crippen LogP contribution in [0.5, 0.6) is 0 Å². The highest BCUT2D eigenvalue weighted by molar-refractivity contribution is 7.89. The van der Waals surface area contributed by atoms with Gasteiger partial charge in [-0.1, -0.05) is 13.8 Å². The molecule has 1 N–H and O–H groups in total. The molecule has 0 unspecified atom stereocenters. The first-order valence-electron chi connectivity index (χ1n) is 9.73. The molecule has 0 spiro atoms. The van der Waals surface area contributed by atoms with E-state index in [4.69, 9.17) is 9.47 Å². The topological polar surface area (TPSA) is 102 Å². The number of amides is 1. The molecule has 1 aliphatic heterocycles. The second-order valence-electron chi connectivity index (χ2n) is 7.78. The lowest BCUT2D eigenvalue weighted by Gasteiger charge is -2.34. The van der Waals surface area contributed by atoms with E-state index in [0.29, 0.717) is 0 Å². The van der Waals surface area contributed by atoms with Gasteiger partial charge in [0, 0.05) is 19.1 Å². The Morgan fingerprint density at radius 1 is 1.14 bits per heavy atom. The minimum absolute atomic E-state index is 0.0312. The Labute approximate surface area is 172 Å². The molecular formula is C20H30N2O6S. The van der Waals surface area contributed by atoms with Crippen LogP contribution in [0.1, 0.15) is 45.0 Å². The molecule has 1 aliphatic rings. The lowest BCUT2D eigenvalue weighted by atomic mass is 10.1. The Bertz CT molecular complexity index is 812. The molecule has 162 valence electrons. The summed E-state index contributed by atoms with van der Waals surface area (Å²) in [6, 6.07) is 5.49. The van der Waals surface area contributed by atoms with Gasteiger partial charge in [0.05, 0.1) is 22.7 Å². The van der Waals surface area contributed by atoms with Gasteiger partial charge in [-0.05, 0) is 51.0 Å². The van der Waals surface area contributed by atoms with Gasteiger partial charge in [0.2, 0.25) is 10.0 Å². The molecule has 29 heavy (non-hydrogen) atoms. The molecule has 2 rings (SSSR count). The zero-order valence-electron chi connectivity index (χ0n) is 17.5. The van der Waals surface area contributed by atoms with Crippen LogP contribution in [0.4, 0.5) is 0 Å². The largest absolute Gasteiger partial charge is 0.452 e. The quantitative estimate of drug-likeness (QED) is 0.667. The Morgan fingerprint density at radius 2 is 1.69 bits per heavy atom. The molecule has 0 aromatic heterocycles. The van der Waals surface area contributed by atoms with Crippen LogP contribution in [0.2, 0.25) is 0 Å². The van der Waals surface area contributed by atoms with Crippen molar-refractivity contribution in [3.8, 4) is 0 Å². The monoisotopic (exact) mass is 426 g/mol. The van der Waals surface area contributed by atoms with Crippen molar-refractivity contribution >= 4 is 21.9 Å². The third-order valence-corrected chi connectivity index (χ3v) is 6.68. The summed E-state index contributed by atoms with van der Waals surface area (Å²) < 4.78 is 37.6. The summed E-state index contributed by atoms with van der Waals surface area (Å²) in [6.07, 6.45) is -0.375. The van der Waals surface area contributed by atoms with E-state index in [9.17, 15) is 18.0 Å². The standard InChI is InChI=1S/C20H30N2O6S/c1-13(2)16(5)21-19(23)12-27-20(24)17-6-8-18(9-7-17)29(25,26)22-10-14(3)28-15(4)11-22/h6-9,13-16H,10-12H2,1-5H3,(H,21,23)/t14-,15+,16-/m1/s1. The summed E-state index contributed by atoms with van der Waals surface area (Å²) in [4.78, 5) is 24.1. The predicted molar refractivity (Wildman–Crippen MR) is 108 cm³/mol. The van der Waals surface area contributed by atoms with Crippen LogP contribution in [-0.2, 0) is 24.3 Å². The van der Waals surface area contributed by atoms with Crippen LogP contribution in [0.25, 0.3) is 0 Å². The highest BCUT2D eigenvalue weighted by atomic mass is 32.2. The van der Waals surface area contributed by atoms with Crippen molar-refractivity contribution in [1.82, 2.24) is 9.62 Å². The maximum Gasteiger partial charge on any atom is 0.338 e. The smallest absolute Gasteiger partial charge is 0.338 e. The fraction of sp³-hybridized carbons (Fsp3) is 0.600. The summed E-state index contributed by atoms with van der Waals surface area (Å²) >= 11 is 0. The maximum absolute atomic E-state index is 12.8. The van der Waals surface area contributed by atoms with Gasteiger partial charge in [-0.2, -0.15) is 4.31 Å². The Morgan fingerprint density at radius 3 is 2.21 bits per heavy atom. The number of benzene rings is 1. The first-order chi connectivity index (χ1) is 13.5. The van der Waals surface area contributed by atoms with Gasteiger partial charge in [0.1, 0.15) is 0 Å². The van der Waals surface area contributed by atoms with Crippen LogP contribution in [0, 0.1) is 5.92 Å². The number of nitrogens with zero attached hydrogens (tertiary/aromatic N) is 1. The molecule has 0 saturated carbocycles. The van der Waals surface area contributed by atoms with Crippen LogP contribution >= 0.6 is 0 Å². The van der Waals surface area contributed by atoms with Gasteiger partial charge < -0.3 is 14.8 Å². The zero-order valence-corrected chi connectivity index (χ0v) is 18.4. The first-order valence-corrected chi connectivity index (χ1v) is 11.2. The minimum atomic E-state index is -3.68. The molecule has 9 heteroatoms. The summed E-state index contributed by atoms with van der Waals surface area (Å²) in [5.41, 5.74) is 0.178. The van der Waals surface area contributed by atoms with Crippen LogP contribution < -0.4 is 5.32 Å². The molecule has 0 bridgehead atoms. The molecule has 1 heterocycles. The number of hydrogen-bond acceptors (Lipinski definition) is 6. The number of morpholine rings is 1. The number of carbonyl (C=O) groups excluding carboxylic acids is 2. The normalized spacial score (nSPS) is 21.6. The third-order valence-electron chi connectivity index (χ3n) is 4.84. The van der Waals surface area contributed by atoms with E-state index >= 15 is 0 Å². The van der Waals surface area contributed by atoms with Gasteiger partial charge in [-0.3, -0.25) is 4.79 Å². The van der Waals surface area contributed by atoms with E-state index in [1.165, 1.54) is 28.6 Å². The fourth-order valence-corrected chi connectivity index (χ4v) is 4.51. The fourth-order valence-electron chi connectivity index (χ4n) is 2.92. The highest BCUT2D eigenvalue weighted by Gasteiger charge is 2.32. The second kappa shape index (κ2) is 9.69. The summed E-state index contributed by atoms with van der Waals surface area (Å²) in [5.74, 6) is -0.800. The SMILES string of the molecule is CC(C)[C@@H](C)NC(=O)COC(=O)c1ccc(S(=O)(=O)N2C[C@@H](C)O[C@@H](C)C2)cc1. The van der Waals surface area contributed by atoms with E-state index in [1.807, 2.05) is 34.6 Å². The molecule has 1 aromatic rings. The molecule has 1 aromatic carbocycles. The number of ether oxygens (including phenoxy) is 2. The molecule has 0 radical (unpaired) electrons. The van der Waals surface area contributed by atoms with Crippen LogP contribution in [0.15, 0.2) is 29.2 Å². The van der Waals surface area contributed by atoms with Gasteiger partial charge in [0.25, 0.3) is 5.91 Å². The summed E-state index contributed by atoms with van der Waals surface area (Å²) in [5, 5.41) is 2.75. The van der Waals surface area contributed by atoms with E-state index in [2.05, 4.69) is 5.32 Å². The van der Waals surface area contributed by atoms with Crippen molar-refractivity contribution in [2.24, 2.45) is 5.92 Å². The van der Waals surface area contributed by atoms with Gasteiger partial charge in [0.15, 0.2) is 6.61 Å². The van der Waals surface area contributed by atoms with Crippen molar-refractivity contribution in [2.75, 3.05) is 19.7 Å². The molecule has 1 saturated heterocycles. The highest BCUT2D eigenvalue weighted by Crippen LogP contribution is 2.21. The van der Waals surface area contributed by atoms with E-state index in [0.717, 1.165) is 0 Å². The molecular weight excluding hydrogens is 396 g/mol. The number of esters is 1. The number of sulfonamides is 1. The van der Waals surface area contributed by atoms with Gasteiger partial charge >= 0.3 is 5.97 Å². The van der Waals surface area contributed by atoms with Crippen molar-refractivity contribution in [3.05, 3.63) is 29.8 Å². The van der Waals surface area contributed by atoms with Crippen molar-refractivity contribution < 1.29 is 27.5 Å². The zero-order chi connectivity index (χ0) is 21.8. The first kappa shape index (κ1) is 23.3. The van der Waals surface area contributed by atoms with Gasteiger partial charge in [-0.25, -0.2) is 13.2 Å². The molecule has 1 amide bonds. The molecule has 1 fully saturated rings. The Balaban J connectivity index is 1.98. The Kier molecular flexibility index (Phi) is 7.79. The van der Waals surface area contributed by atoms with Crippen LogP contribution in [-0.4, -0.2) is 62.5 Å². The lowest BCUT2D eigenvalue weighted by Crippen LogP contribution is -2.48. The lowest BCUT2D eigenvalue weighted by molar-refractivity contribution is -0.125. The number of hydrogen-bond donors (Lipinski definition) is 1. The van der Waals surface area contributed by atoms with Crippen molar-refractivity contribution in [1.29, 1.82) is 0 Å².